The average molecular weight is 286 g/mol. The van der Waals surface area contributed by atoms with Crippen molar-refractivity contribution >= 4 is 5.84 Å². The first-order chi connectivity index (χ1) is 9.93. The molecule has 0 amide bonds. The molecule has 0 aliphatic heterocycles. The van der Waals surface area contributed by atoms with Gasteiger partial charge in [-0.15, -0.1) is 5.10 Å². The SMILES string of the molecule is Cc1ccc(Oc2nnc(C)c(C)c2/C(N)=N/O)c(C)c1. The molecule has 21 heavy (non-hydrogen) atoms. The predicted molar refractivity (Wildman–Crippen MR) is 80.0 cm³/mol. The lowest BCUT2D eigenvalue weighted by Gasteiger charge is -2.13. The van der Waals surface area contributed by atoms with Crippen LogP contribution in [0.1, 0.15) is 27.9 Å². The van der Waals surface area contributed by atoms with Crippen molar-refractivity contribution in [2.45, 2.75) is 27.7 Å². The number of aryl methyl sites for hydroxylation is 3. The summed E-state index contributed by atoms with van der Waals surface area (Å²) in [5.74, 6) is 0.829. The second-order valence-corrected chi connectivity index (χ2v) is 4.95. The van der Waals surface area contributed by atoms with Crippen LogP contribution in [0.15, 0.2) is 23.4 Å². The molecular weight excluding hydrogens is 268 g/mol. The van der Waals surface area contributed by atoms with Gasteiger partial charge >= 0.3 is 0 Å². The van der Waals surface area contributed by atoms with Crippen molar-refractivity contribution in [3.05, 3.63) is 46.1 Å². The molecule has 2 rings (SSSR count). The number of benzene rings is 1. The number of hydrogen-bond donors (Lipinski definition) is 2. The van der Waals surface area contributed by atoms with E-state index in [1.165, 1.54) is 0 Å². The van der Waals surface area contributed by atoms with Gasteiger partial charge in [-0.25, -0.2) is 0 Å². The van der Waals surface area contributed by atoms with E-state index in [1.807, 2.05) is 39.0 Å². The molecule has 0 unspecified atom stereocenters. The molecule has 0 bridgehead atoms. The Morgan fingerprint density at radius 1 is 1.19 bits per heavy atom. The summed E-state index contributed by atoms with van der Waals surface area (Å²) in [5, 5.41) is 20.0. The molecule has 0 fully saturated rings. The Bertz CT molecular complexity index is 711. The lowest BCUT2D eigenvalue weighted by Crippen LogP contribution is -2.18. The minimum atomic E-state index is -0.0507. The Balaban J connectivity index is 2.52. The van der Waals surface area contributed by atoms with Gasteiger partial charge in [0.1, 0.15) is 5.75 Å². The van der Waals surface area contributed by atoms with Crippen LogP contribution >= 0.6 is 0 Å². The van der Waals surface area contributed by atoms with Crippen LogP contribution in [-0.4, -0.2) is 21.2 Å². The minimum absolute atomic E-state index is 0.0507. The number of amidine groups is 1. The van der Waals surface area contributed by atoms with Gasteiger partial charge in [-0.05, 0) is 44.9 Å². The van der Waals surface area contributed by atoms with Crippen molar-refractivity contribution in [1.29, 1.82) is 0 Å². The van der Waals surface area contributed by atoms with Crippen molar-refractivity contribution in [2.75, 3.05) is 0 Å². The lowest BCUT2D eigenvalue weighted by molar-refractivity contribution is 0.318. The van der Waals surface area contributed by atoms with Crippen LogP contribution in [0.25, 0.3) is 0 Å². The topological polar surface area (TPSA) is 93.6 Å². The summed E-state index contributed by atoms with van der Waals surface area (Å²) >= 11 is 0. The van der Waals surface area contributed by atoms with E-state index < -0.39 is 0 Å². The Morgan fingerprint density at radius 3 is 2.52 bits per heavy atom. The summed E-state index contributed by atoms with van der Waals surface area (Å²) in [5.41, 5.74) is 9.76. The molecule has 6 heteroatoms. The fourth-order valence-electron chi connectivity index (χ4n) is 2.03. The van der Waals surface area contributed by atoms with Crippen molar-refractivity contribution in [2.24, 2.45) is 10.9 Å². The molecule has 110 valence electrons. The third-order valence-corrected chi connectivity index (χ3v) is 3.32. The number of nitrogens with zero attached hydrogens (tertiary/aromatic N) is 3. The molecule has 1 aromatic carbocycles. The Labute approximate surface area is 123 Å². The molecule has 0 saturated heterocycles. The molecule has 0 aliphatic rings. The van der Waals surface area contributed by atoms with E-state index in [2.05, 4.69) is 15.4 Å². The van der Waals surface area contributed by atoms with Gasteiger partial charge in [0, 0.05) is 0 Å². The summed E-state index contributed by atoms with van der Waals surface area (Å²) in [6.07, 6.45) is 0. The molecule has 0 saturated carbocycles. The Morgan fingerprint density at radius 2 is 1.90 bits per heavy atom. The summed E-state index contributed by atoms with van der Waals surface area (Å²) in [7, 11) is 0. The third-order valence-electron chi connectivity index (χ3n) is 3.32. The van der Waals surface area contributed by atoms with Gasteiger partial charge in [0.05, 0.1) is 11.3 Å². The lowest BCUT2D eigenvalue weighted by atomic mass is 10.1. The van der Waals surface area contributed by atoms with E-state index in [4.69, 9.17) is 15.7 Å². The number of nitrogens with two attached hydrogens (primary N) is 1. The van der Waals surface area contributed by atoms with E-state index in [0.29, 0.717) is 17.0 Å². The summed E-state index contributed by atoms with van der Waals surface area (Å²) in [6, 6.07) is 5.81. The number of oxime groups is 1. The fourth-order valence-corrected chi connectivity index (χ4v) is 2.03. The second kappa shape index (κ2) is 5.78. The molecule has 0 aliphatic carbocycles. The third kappa shape index (κ3) is 2.94. The van der Waals surface area contributed by atoms with Crippen molar-refractivity contribution < 1.29 is 9.94 Å². The van der Waals surface area contributed by atoms with Crippen LogP contribution < -0.4 is 10.5 Å². The first-order valence-electron chi connectivity index (χ1n) is 6.51. The monoisotopic (exact) mass is 286 g/mol. The maximum atomic E-state index is 8.94. The largest absolute Gasteiger partial charge is 0.437 e. The molecule has 3 N–H and O–H groups in total. The molecule has 1 heterocycles. The minimum Gasteiger partial charge on any atom is -0.437 e. The van der Waals surface area contributed by atoms with E-state index in [0.717, 1.165) is 16.7 Å². The predicted octanol–water partition coefficient (Wildman–Crippen LogP) is 2.60. The fraction of sp³-hybridized carbons (Fsp3) is 0.267. The molecule has 1 aromatic heterocycles. The number of rotatable bonds is 3. The van der Waals surface area contributed by atoms with Crippen LogP contribution in [0.4, 0.5) is 0 Å². The highest BCUT2D eigenvalue weighted by Crippen LogP contribution is 2.28. The molecule has 0 spiro atoms. The van der Waals surface area contributed by atoms with Crippen LogP contribution in [0.2, 0.25) is 0 Å². The molecule has 0 atom stereocenters. The first kappa shape index (κ1) is 14.8. The van der Waals surface area contributed by atoms with Crippen molar-refractivity contribution in [1.82, 2.24) is 10.2 Å². The maximum Gasteiger partial charge on any atom is 0.250 e. The summed E-state index contributed by atoms with van der Waals surface area (Å²) in [4.78, 5) is 0. The quantitative estimate of drug-likeness (QED) is 0.391. The number of aromatic nitrogens is 2. The van der Waals surface area contributed by atoms with Crippen LogP contribution in [-0.2, 0) is 0 Å². The Hall–Kier alpha value is -2.63. The number of ether oxygens (including phenoxy) is 1. The zero-order chi connectivity index (χ0) is 15.6. The zero-order valence-corrected chi connectivity index (χ0v) is 12.5. The standard InChI is InChI=1S/C15H18N4O2/c1-8-5-6-12(9(2)7-8)21-15-13(14(16)19-20)10(3)11(4)17-18-15/h5-7,20H,1-4H3,(H2,16,19). The van der Waals surface area contributed by atoms with Gasteiger partial charge < -0.3 is 15.7 Å². The van der Waals surface area contributed by atoms with Crippen LogP contribution in [0.5, 0.6) is 11.6 Å². The molecule has 6 nitrogen and oxygen atoms in total. The highest BCUT2D eigenvalue weighted by Gasteiger charge is 2.17. The van der Waals surface area contributed by atoms with Crippen LogP contribution in [0, 0.1) is 27.7 Å². The van der Waals surface area contributed by atoms with Gasteiger partial charge in [-0.2, -0.15) is 5.10 Å². The van der Waals surface area contributed by atoms with Gasteiger partial charge in [-0.1, -0.05) is 22.9 Å². The molecule has 0 radical (unpaired) electrons. The van der Waals surface area contributed by atoms with Gasteiger partial charge in [0.2, 0.25) is 5.88 Å². The maximum absolute atomic E-state index is 8.94. The Kier molecular flexibility index (Phi) is 4.07. The summed E-state index contributed by atoms with van der Waals surface area (Å²) < 4.78 is 5.81. The highest BCUT2D eigenvalue weighted by atomic mass is 16.5. The highest BCUT2D eigenvalue weighted by molar-refractivity contribution is 6.00. The number of hydrogen-bond acceptors (Lipinski definition) is 5. The van der Waals surface area contributed by atoms with Crippen molar-refractivity contribution in [3.63, 3.8) is 0 Å². The van der Waals surface area contributed by atoms with Crippen molar-refractivity contribution in [3.8, 4) is 11.6 Å². The molecule has 2 aromatic rings. The average Bonchev–Trinajstić information content (AvgIpc) is 2.45. The molecular formula is C15H18N4O2. The van der Waals surface area contributed by atoms with Gasteiger partial charge in [0.15, 0.2) is 5.84 Å². The van der Waals surface area contributed by atoms with E-state index in [-0.39, 0.29) is 11.7 Å². The first-order valence-corrected chi connectivity index (χ1v) is 6.51. The van der Waals surface area contributed by atoms with E-state index >= 15 is 0 Å². The second-order valence-electron chi connectivity index (χ2n) is 4.95. The van der Waals surface area contributed by atoms with E-state index in [9.17, 15) is 0 Å². The smallest absolute Gasteiger partial charge is 0.250 e. The van der Waals surface area contributed by atoms with E-state index in [1.54, 1.807) is 6.92 Å². The van der Waals surface area contributed by atoms with Gasteiger partial charge in [0.25, 0.3) is 0 Å². The van der Waals surface area contributed by atoms with Crippen LogP contribution in [0.3, 0.4) is 0 Å². The normalized spacial score (nSPS) is 11.5. The summed E-state index contributed by atoms with van der Waals surface area (Å²) in [6.45, 7) is 7.58. The zero-order valence-electron chi connectivity index (χ0n) is 12.5. The van der Waals surface area contributed by atoms with Gasteiger partial charge in [-0.3, -0.25) is 0 Å².